The summed E-state index contributed by atoms with van der Waals surface area (Å²) in [5.41, 5.74) is 1.91. The highest BCUT2D eigenvalue weighted by Crippen LogP contribution is 2.31. The minimum Gasteiger partial charge on any atom is -0.465 e. The van der Waals surface area contributed by atoms with E-state index in [4.69, 9.17) is 4.98 Å². The number of anilines is 1. The van der Waals surface area contributed by atoms with Crippen LogP contribution >= 0.6 is 0 Å². The maximum absolute atomic E-state index is 11.6. The lowest BCUT2D eigenvalue weighted by atomic mass is 10.1. The Bertz CT molecular complexity index is 874. The van der Waals surface area contributed by atoms with Gasteiger partial charge in [0.05, 0.1) is 29.8 Å². The molecule has 2 aromatic heterocycles. The largest absolute Gasteiger partial charge is 0.465 e. The molecule has 0 atom stereocenters. The molecule has 2 aromatic rings. The van der Waals surface area contributed by atoms with E-state index in [2.05, 4.69) is 28.1 Å². The number of ether oxygens (including phenoxy) is 1. The number of methoxy groups -OCH3 is 1. The number of rotatable bonds is 4. The van der Waals surface area contributed by atoms with Gasteiger partial charge in [-0.15, -0.1) is 0 Å². The summed E-state index contributed by atoms with van der Waals surface area (Å²) < 4.78 is 6.72. The van der Waals surface area contributed by atoms with Gasteiger partial charge in [0.25, 0.3) is 0 Å². The number of esters is 1. The van der Waals surface area contributed by atoms with Crippen molar-refractivity contribution in [1.29, 1.82) is 0 Å². The number of carbonyl (C=O) groups is 1. The van der Waals surface area contributed by atoms with Crippen molar-refractivity contribution < 1.29 is 14.5 Å². The van der Waals surface area contributed by atoms with Gasteiger partial charge in [-0.2, -0.15) is 0 Å². The number of nitro groups is 1. The SMILES string of the molecule is COC(=O)c1cnc(N2CCc3c(nc(C(C)C)n3C)C2)c([N+](=O)[O-])c1. The van der Waals surface area contributed by atoms with Gasteiger partial charge in [0, 0.05) is 43.9 Å². The number of hydrogen-bond acceptors (Lipinski definition) is 7. The van der Waals surface area contributed by atoms with Crippen LogP contribution in [-0.4, -0.2) is 39.1 Å². The van der Waals surface area contributed by atoms with Crippen molar-refractivity contribution in [3.8, 4) is 0 Å². The van der Waals surface area contributed by atoms with Gasteiger partial charge in [0.15, 0.2) is 0 Å². The monoisotopic (exact) mass is 359 g/mol. The van der Waals surface area contributed by atoms with Crippen molar-refractivity contribution in [2.75, 3.05) is 18.6 Å². The second-order valence-electron chi connectivity index (χ2n) is 6.56. The van der Waals surface area contributed by atoms with Gasteiger partial charge in [-0.25, -0.2) is 14.8 Å². The first-order chi connectivity index (χ1) is 12.3. The van der Waals surface area contributed by atoms with Crippen molar-refractivity contribution in [3.63, 3.8) is 0 Å². The van der Waals surface area contributed by atoms with Crippen molar-refractivity contribution in [3.05, 3.63) is 45.2 Å². The minimum atomic E-state index is -0.653. The van der Waals surface area contributed by atoms with Crippen molar-refractivity contribution in [1.82, 2.24) is 14.5 Å². The molecule has 0 amide bonds. The Morgan fingerprint density at radius 1 is 1.42 bits per heavy atom. The van der Waals surface area contributed by atoms with E-state index in [-0.39, 0.29) is 17.1 Å². The first kappa shape index (κ1) is 17.8. The molecule has 9 nitrogen and oxygen atoms in total. The van der Waals surface area contributed by atoms with Gasteiger partial charge >= 0.3 is 11.7 Å². The molecule has 0 fully saturated rings. The molecule has 0 saturated carbocycles. The number of hydrogen-bond donors (Lipinski definition) is 0. The van der Waals surface area contributed by atoms with Crippen molar-refractivity contribution in [2.45, 2.75) is 32.7 Å². The van der Waals surface area contributed by atoms with Crippen molar-refractivity contribution >= 4 is 17.5 Å². The molecule has 3 heterocycles. The molecule has 0 spiro atoms. The highest BCUT2D eigenvalue weighted by atomic mass is 16.6. The van der Waals surface area contributed by atoms with Gasteiger partial charge in [-0.3, -0.25) is 10.1 Å². The van der Waals surface area contributed by atoms with Crippen LogP contribution in [0.5, 0.6) is 0 Å². The maximum Gasteiger partial charge on any atom is 0.339 e. The fourth-order valence-corrected chi connectivity index (χ4v) is 3.30. The predicted octanol–water partition coefficient (Wildman–Crippen LogP) is 2.20. The Labute approximate surface area is 150 Å². The third kappa shape index (κ3) is 3.00. The fourth-order valence-electron chi connectivity index (χ4n) is 3.30. The van der Waals surface area contributed by atoms with Crippen LogP contribution < -0.4 is 4.90 Å². The molecule has 0 bridgehead atoms. The summed E-state index contributed by atoms with van der Waals surface area (Å²) in [6, 6.07) is 1.21. The first-order valence-corrected chi connectivity index (χ1v) is 8.35. The molecule has 9 heteroatoms. The zero-order chi connectivity index (χ0) is 19.0. The summed E-state index contributed by atoms with van der Waals surface area (Å²) in [4.78, 5) is 33.3. The van der Waals surface area contributed by atoms with Crippen LogP contribution in [0.4, 0.5) is 11.5 Å². The summed E-state index contributed by atoms with van der Waals surface area (Å²) in [6.45, 7) is 5.21. The van der Waals surface area contributed by atoms with E-state index in [0.717, 1.165) is 23.6 Å². The summed E-state index contributed by atoms with van der Waals surface area (Å²) in [7, 11) is 3.23. The molecule has 1 aliphatic rings. The van der Waals surface area contributed by atoms with Crippen LogP contribution in [-0.2, 0) is 24.8 Å². The molecular weight excluding hydrogens is 338 g/mol. The summed E-state index contributed by atoms with van der Waals surface area (Å²) in [5, 5.41) is 11.5. The third-order valence-corrected chi connectivity index (χ3v) is 4.57. The molecule has 26 heavy (non-hydrogen) atoms. The Morgan fingerprint density at radius 2 is 2.15 bits per heavy atom. The van der Waals surface area contributed by atoms with Crippen LogP contribution in [0.3, 0.4) is 0 Å². The second-order valence-corrected chi connectivity index (χ2v) is 6.56. The Balaban J connectivity index is 1.96. The van der Waals surface area contributed by atoms with E-state index in [0.29, 0.717) is 19.0 Å². The number of nitrogens with zero attached hydrogens (tertiary/aromatic N) is 5. The summed E-state index contributed by atoms with van der Waals surface area (Å²) >= 11 is 0. The van der Waals surface area contributed by atoms with Crippen LogP contribution in [0.15, 0.2) is 12.3 Å². The topological polar surface area (TPSA) is 103 Å². The molecule has 138 valence electrons. The van der Waals surface area contributed by atoms with E-state index < -0.39 is 10.9 Å². The summed E-state index contributed by atoms with van der Waals surface area (Å²) in [6.07, 6.45) is 2.03. The van der Waals surface area contributed by atoms with Gasteiger partial charge < -0.3 is 14.2 Å². The average Bonchev–Trinajstić information content (AvgIpc) is 2.96. The van der Waals surface area contributed by atoms with E-state index in [9.17, 15) is 14.9 Å². The molecule has 0 aliphatic carbocycles. The third-order valence-electron chi connectivity index (χ3n) is 4.57. The predicted molar refractivity (Wildman–Crippen MR) is 94.3 cm³/mol. The highest BCUT2D eigenvalue weighted by Gasteiger charge is 2.29. The number of aromatic nitrogens is 3. The minimum absolute atomic E-state index is 0.0561. The molecule has 1 aliphatic heterocycles. The number of imidazole rings is 1. The number of carbonyl (C=O) groups excluding carboxylic acids is 1. The Kier molecular flexibility index (Phi) is 4.62. The molecular formula is C17H21N5O4. The van der Waals surface area contributed by atoms with Gasteiger partial charge in [0.1, 0.15) is 5.82 Å². The van der Waals surface area contributed by atoms with Crippen LogP contribution in [0, 0.1) is 10.1 Å². The van der Waals surface area contributed by atoms with Crippen LogP contribution in [0.25, 0.3) is 0 Å². The molecule has 0 radical (unpaired) electrons. The van der Waals surface area contributed by atoms with Crippen LogP contribution in [0.1, 0.15) is 47.3 Å². The fraction of sp³-hybridized carbons (Fsp3) is 0.471. The number of fused-ring (bicyclic) bond motifs is 1. The Morgan fingerprint density at radius 3 is 2.77 bits per heavy atom. The molecule has 3 rings (SSSR count). The molecule has 0 unspecified atom stereocenters. The first-order valence-electron chi connectivity index (χ1n) is 8.35. The van der Waals surface area contributed by atoms with Gasteiger partial charge in [-0.1, -0.05) is 13.8 Å². The van der Waals surface area contributed by atoms with Crippen molar-refractivity contribution in [2.24, 2.45) is 7.05 Å². The molecule has 0 N–H and O–H groups in total. The lowest BCUT2D eigenvalue weighted by Crippen LogP contribution is -2.32. The standard InChI is InChI=1S/C17H21N5O4/c1-10(2)15-19-12-9-21(6-5-13(12)20(15)3)16-14(22(24)25)7-11(8-18-16)17(23)26-4/h7-8,10H,5-6,9H2,1-4H3. The van der Waals surface area contributed by atoms with Crippen LogP contribution in [0.2, 0.25) is 0 Å². The highest BCUT2D eigenvalue weighted by molar-refractivity contribution is 5.90. The van der Waals surface area contributed by atoms with E-state index >= 15 is 0 Å². The lowest BCUT2D eigenvalue weighted by molar-refractivity contribution is -0.384. The lowest BCUT2D eigenvalue weighted by Gasteiger charge is -2.27. The maximum atomic E-state index is 11.6. The normalized spacial score (nSPS) is 13.7. The van der Waals surface area contributed by atoms with E-state index in [1.54, 1.807) is 0 Å². The zero-order valence-electron chi connectivity index (χ0n) is 15.2. The smallest absolute Gasteiger partial charge is 0.339 e. The van der Waals surface area contributed by atoms with E-state index in [1.807, 2.05) is 11.9 Å². The average molecular weight is 359 g/mol. The van der Waals surface area contributed by atoms with E-state index in [1.165, 1.54) is 19.4 Å². The Hall–Kier alpha value is -2.97. The molecule has 0 aromatic carbocycles. The quantitative estimate of drug-likeness (QED) is 0.468. The van der Waals surface area contributed by atoms with Gasteiger partial charge in [0.2, 0.25) is 5.82 Å². The zero-order valence-corrected chi connectivity index (χ0v) is 15.2. The van der Waals surface area contributed by atoms with Gasteiger partial charge in [-0.05, 0) is 0 Å². The number of pyridine rings is 1. The summed E-state index contributed by atoms with van der Waals surface area (Å²) in [5.74, 6) is 0.885. The molecule has 0 saturated heterocycles. The second kappa shape index (κ2) is 6.74.